The van der Waals surface area contributed by atoms with Gasteiger partial charge in [-0.2, -0.15) is 0 Å². The molecule has 4 nitrogen and oxygen atoms in total. The van der Waals surface area contributed by atoms with E-state index in [1.807, 2.05) is 6.92 Å². The van der Waals surface area contributed by atoms with Crippen molar-refractivity contribution >= 4 is 15.8 Å². The van der Waals surface area contributed by atoms with Crippen LogP contribution in [0.3, 0.4) is 0 Å². The van der Waals surface area contributed by atoms with Crippen LogP contribution in [0.25, 0.3) is 0 Å². The summed E-state index contributed by atoms with van der Waals surface area (Å²) in [4.78, 5) is 3.50. The third kappa shape index (κ3) is 2.52. The first-order valence-electron chi connectivity index (χ1n) is 3.94. The number of nitrogens with one attached hydrogen (secondary N) is 1. The largest absolute Gasteiger partial charge is 0.242 e. The van der Waals surface area contributed by atoms with Gasteiger partial charge in [0.2, 0.25) is 0 Å². The molecule has 1 aromatic rings. The maximum Gasteiger partial charge on any atom is 0.199 e. The van der Waals surface area contributed by atoms with Crippen LogP contribution >= 0.6 is 0 Å². The van der Waals surface area contributed by atoms with E-state index in [0.29, 0.717) is 0 Å². The van der Waals surface area contributed by atoms with Crippen LogP contribution in [0.15, 0.2) is 34.2 Å². The minimum Gasteiger partial charge on any atom is -0.242 e. The molecule has 0 aliphatic rings. The third-order valence-corrected chi connectivity index (χ3v) is 3.15. The number of sulfone groups is 1. The topological polar surface area (TPSA) is 70.3 Å². The Hall–Kier alpha value is -1.45. The second kappa shape index (κ2) is 4.17. The van der Waals surface area contributed by atoms with Crippen LogP contribution in [0.5, 0.6) is 0 Å². The Labute approximate surface area is 82.7 Å². The molecule has 0 unspecified atom stereocenters. The average Bonchev–Trinajstić information content (AvgIpc) is 2.16. The number of aliphatic imine (C=N–C) groups is 1. The standard InChI is InChI=1S/C9H10N2O2S/c1-8-2-4-9(5-3-8)14(12,13)7-11-6-10/h2-5,10H,7H2,1H3. The van der Waals surface area contributed by atoms with Gasteiger partial charge in [-0.1, -0.05) is 17.7 Å². The van der Waals surface area contributed by atoms with E-state index in [9.17, 15) is 8.42 Å². The quantitative estimate of drug-likeness (QED) is 0.767. The maximum atomic E-state index is 11.5. The molecule has 0 spiro atoms. The number of benzene rings is 1. The first-order chi connectivity index (χ1) is 6.56. The summed E-state index contributed by atoms with van der Waals surface area (Å²) in [7, 11) is -3.39. The lowest BCUT2D eigenvalue weighted by atomic mass is 10.2. The van der Waals surface area contributed by atoms with E-state index in [-0.39, 0.29) is 4.90 Å². The fourth-order valence-corrected chi connectivity index (χ4v) is 1.87. The van der Waals surface area contributed by atoms with Crippen molar-refractivity contribution in [2.75, 3.05) is 5.88 Å². The molecule has 0 radical (unpaired) electrons. The first kappa shape index (κ1) is 10.6. The van der Waals surface area contributed by atoms with Gasteiger partial charge in [0.05, 0.1) is 10.9 Å². The van der Waals surface area contributed by atoms with Crippen molar-refractivity contribution in [1.82, 2.24) is 0 Å². The van der Waals surface area contributed by atoms with Crippen LogP contribution < -0.4 is 0 Å². The highest BCUT2D eigenvalue weighted by atomic mass is 32.2. The summed E-state index contributed by atoms with van der Waals surface area (Å²) in [6, 6.07) is 8.21. The summed E-state index contributed by atoms with van der Waals surface area (Å²) in [6.07, 6.45) is 0. The van der Waals surface area contributed by atoms with Crippen LogP contribution in [-0.2, 0) is 9.84 Å². The van der Waals surface area contributed by atoms with E-state index >= 15 is 0 Å². The summed E-state index contributed by atoms with van der Waals surface area (Å²) in [5, 5.41) is 6.50. The number of hydrogen-bond acceptors (Lipinski definition) is 4. The Balaban J connectivity index is 3.04. The molecule has 0 amide bonds. The SMILES string of the molecule is Cc1ccc(S(=O)(=O)CN=C=N)cc1. The van der Waals surface area contributed by atoms with Gasteiger partial charge in [-0.3, -0.25) is 0 Å². The van der Waals surface area contributed by atoms with Gasteiger partial charge in [0, 0.05) is 0 Å². The van der Waals surface area contributed by atoms with Crippen molar-refractivity contribution in [3.05, 3.63) is 29.8 Å². The minimum atomic E-state index is -3.39. The van der Waals surface area contributed by atoms with Gasteiger partial charge >= 0.3 is 0 Å². The highest BCUT2D eigenvalue weighted by molar-refractivity contribution is 7.91. The number of aryl methyl sites for hydroxylation is 1. The highest BCUT2D eigenvalue weighted by Gasteiger charge is 2.12. The van der Waals surface area contributed by atoms with Crippen LogP contribution in [0.4, 0.5) is 0 Å². The van der Waals surface area contributed by atoms with Crippen LogP contribution in [0.2, 0.25) is 0 Å². The monoisotopic (exact) mass is 210 g/mol. The predicted molar refractivity (Wildman–Crippen MR) is 53.4 cm³/mol. The van der Waals surface area contributed by atoms with E-state index in [1.54, 1.807) is 18.1 Å². The third-order valence-electron chi connectivity index (χ3n) is 1.69. The summed E-state index contributed by atoms with van der Waals surface area (Å²) < 4.78 is 23.0. The molecule has 0 bridgehead atoms. The Morgan fingerprint density at radius 1 is 1.36 bits per heavy atom. The van der Waals surface area contributed by atoms with E-state index in [1.165, 1.54) is 12.1 Å². The molecule has 74 valence electrons. The second-order valence-electron chi connectivity index (χ2n) is 2.83. The molecular formula is C9H10N2O2S. The smallest absolute Gasteiger partial charge is 0.199 e. The number of nitrogens with zero attached hydrogens (tertiary/aromatic N) is 1. The lowest BCUT2D eigenvalue weighted by molar-refractivity contribution is 0.596. The van der Waals surface area contributed by atoms with Gasteiger partial charge in [0.1, 0.15) is 0 Å². The molecule has 14 heavy (non-hydrogen) atoms. The summed E-state index contributed by atoms with van der Waals surface area (Å²) in [6.45, 7) is 1.88. The zero-order valence-electron chi connectivity index (χ0n) is 7.69. The van der Waals surface area contributed by atoms with Crippen molar-refractivity contribution in [2.45, 2.75) is 11.8 Å². The number of hydrogen-bond donors (Lipinski definition) is 1. The number of rotatable bonds is 3. The van der Waals surface area contributed by atoms with Gasteiger partial charge in [-0.05, 0) is 19.1 Å². The molecule has 0 atom stereocenters. The molecule has 0 aliphatic carbocycles. The average molecular weight is 210 g/mol. The summed E-state index contributed by atoms with van der Waals surface area (Å²) in [5.41, 5.74) is 1.000. The van der Waals surface area contributed by atoms with Crippen molar-refractivity contribution < 1.29 is 8.42 Å². The first-order valence-corrected chi connectivity index (χ1v) is 5.59. The van der Waals surface area contributed by atoms with E-state index in [0.717, 1.165) is 5.56 Å². The van der Waals surface area contributed by atoms with Gasteiger partial charge < -0.3 is 0 Å². The fourth-order valence-electron chi connectivity index (χ4n) is 0.937. The molecule has 1 rings (SSSR count). The second-order valence-corrected chi connectivity index (χ2v) is 4.79. The molecule has 0 saturated carbocycles. The highest BCUT2D eigenvalue weighted by Crippen LogP contribution is 2.11. The molecule has 1 N–H and O–H groups in total. The lowest BCUT2D eigenvalue weighted by Gasteiger charge is -2.00. The molecule has 0 saturated heterocycles. The van der Waals surface area contributed by atoms with Gasteiger partial charge in [0.25, 0.3) is 0 Å². The zero-order valence-corrected chi connectivity index (χ0v) is 8.50. The molecule has 1 aromatic carbocycles. The molecule has 0 aliphatic heterocycles. The lowest BCUT2D eigenvalue weighted by Crippen LogP contribution is -2.04. The van der Waals surface area contributed by atoms with Crippen molar-refractivity contribution in [2.24, 2.45) is 4.99 Å². The predicted octanol–water partition coefficient (Wildman–Crippen LogP) is 1.48. The molecule has 0 heterocycles. The molecule has 5 heteroatoms. The van der Waals surface area contributed by atoms with E-state index < -0.39 is 15.7 Å². The summed E-state index contributed by atoms with van der Waals surface area (Å²) >= 11 is 0. The Morgan fingerprint density at radius 3 is 2.43 bits per heavy atom. The van der Waals surface area contributed by atoms with Crippen LogP contribution in [0, 0.1) is 12.3 Å². The van der Waals surface area contributed by atoms with Crippen molar-refractivity contribution in [3.8, 4) is 0 Å². The Morgan fingerprint density at radius 2 is 1.93 bits per heavy atom. The van der Waals surface area contributed by atoms with Crippen LogP contribution in [-0.4, -0.2) is 20.3 Å². The minimum absolute atomic E-state index is 0.224. The maximum absolute atomic E-state index is 11.5. The normalized spacial score (nSPS) is 10.6. The Kier molecular flexibility index (Phi) is 3.17. The van der Waals surface area contributed by atoms with Gasteiger partial charge in [-0.15, -0.1) is 0 Å². The Bertz CT molecular complexity index is 456. The fraction of sp³-hybridized carbons (Fsp3) is 0.222. The van der Waals surface area contributed by atoms with Gasteiger partial charge in [0.15, 0.2) is 15.7 Å². The van der Waals surface area contributed by atoms with E-state index in [2.05, 4.69) is 4.99 Å². The van der Waals surface area contributed by atoms with Crippen molar-refractivity contribution in [1.29, 1.82) is 5.41 Å². The zero-order chi connectivity index (χ0) is 10.6. The summed E-state index contributed by atoms with van der Waals surface area (Å²) in [5.74, 6) is -0.417. The van der Waals surface area contributed by atoms with Crippen LogP contribution in [0.1, 0.15) is 5.56 Å². The van der Waals surface area contributed by atoms with Gasteiger partial charge in [-0.25, -0.2) is 18.8 Å². The molecular weight excluding hydrogens is 200 g/mol. The van der Waals surface area contributed by atoms with E-state index in [4.69, 9.17) is 5.41 Å². The van der Waals surface area contributed by atoms with Crippen molar-refractivity contribution in [3.63, 3.8) is 0 Å². The molecule has 0 aromatic heterocycles. The molecule has 0 fully saturated rings.